The first kappa shape index (κ1) is 26.0. The van der Waals surface area contributed by atoms with Crippen LogP contribution in [0.1, 0.15) is 36.6 Å². The lowest BCUT2D eigenvalue weighted by atomic mass is 9.68. The lowest BCUT2D eigenvalue weighted by Gasteiger charge is -2.37. The number of halogens is 6. The number of anilines is 2. The number of carboxylic acids is 1. The second kappa shape index (κ2) is 9.41. The van der Waals surface area contributed by atoms with Crippen molar-refractivity contribution in [3.63, 3.8) is 0 Å². The second-order valence-electron chi connectivity index (χ2n) is 8.44. The molecule has 37 heavy (non-hydrogen) atoms. The maximum absolute atomic E-state index is 13.8. The van der Waals surface area contributed by atoms with Crippen molar-refractivity contribution in [3.8, 4) is 5.82 Å². The van der Waals surface area contributed by atoms with Crippen LogP contribution in [0.5, 0.6) is 0 Å². The van der Waals surface area contributed by atoms with Crippen molar-refractivity contribution in [1.29, 1.82) is 0 Å². The van der Waals surface area contributed by atoms with Crippen molar-refractivity contribution < 1.29 is 41.0 Å². The summed E-state index contributed by atoms with van der Waals surface area (Å²) in [6.07, 6.45) is -7.35. The fourth-order valence-electron chi connectivity index (χ4n) is 3.97. The largest absolute Gasteiger partial charge is 0.480 e. The fourth-order valence-corrected chi connectivity index (χ4v) is 3.97. The van der Waals surface area contributed by atoms with E-state index in [1.165, 1.54) is 24.4 Å². The number of aliphatic carboxylic acids is 1. The molecule has 196 valence electrons. The number of alkyl halides is 6. The SMILES string of the molecule is O=C(O)C1(C(=O)N[C@@H](c2ccc(Nc3cnn(-c4ccccn4)c3C(F)(F)F)cc2)C(F)(F)F)CCC1. The zero-order valence-corrected chi connectivity index (χ0v) is 18.8. The van der Waals surface area contributed by atoms with E-state index in [9.17, 15) is 41.0 Å². The molecule has 0 bridgehead atoms. The van der Waals surface area contributed by atoms with E-state index >= 15 is 0 Å². The van der Waals surface area contributed by atoms with Crippen molar-refractivity contribution in [1.82, 2.24) is 20.1 Å². The summed E-state index contributed by atoms with van der Waals surface area (Å²) in [7, 11) is 0. The number of hydrogen-bond donors (Lipinski definition) is 3. The van der Waals surface area contributed by atoms with E-state index in [4.69, 9.17) is 0 Å². The van der Waals surface area contributed by atoms with Crippen LogP contribution in [0.25, 0.3) is 5.82 Å². The number of pyridine rings is 1. The molecule has 1 aliphatic rings. The molecule has 1 atom stereocenters. The maximum atomic E-state index is 13.8. The number of carboxylic acid groups (broad SMARTS) is 1. The standard InChI is InChI=1S/C23H19F6N5O3/c24-22(25,26)17(33-19(35)21(20(36)37)9-3-10-21)13-5-7-14(8-6-13)32-15-12-31-34(18(15)23(27,28)29)16-4-1-2-11-30-16/h1-2,4-8,11-12,17,32H,3,9-10H2,(H,33,35)(H,36,37)/t17-/m0/s1. The van der Waals surface area contributed by atoms with Crippen LogP contribution in [0.4, 0.5) is 37.7 Å². The number of carbonyl (C=O) groups excluding carboxylic acids is 1. The molecule has 0 spiro atoms. The molecular formula is C23H19F6N5O3. The highest BCUT2D eigenvalue weighted by Gasteiger charge is 2.53. The highest BCUT2D eigenvalue weighted by molar-refractivity contribution is 6.03. The third kappa shape index (κ3) is 5.08. The van der Waals surface area contributed by atoms with E-state index in [0.29, 0.717) is 11.1 Å². The molecule has 0 unspecified atom stereocenters. The lowest BCUT2D eigenvalue weighted by molar-refractivity contribution is -0.175. The van der Waals surface area contributed by atoms with Gasteiger partial charge in [0.05, 0.1) is 11.9 Å². The number of nitrogens with zero attached hydrogens (tertiary/aromatic N) is 3. The Morgan fingerprint density at radius 1 is 1.03 bits per heavy atom. The summed E-state index contributed by atoms with van der Waals surface area (Å²) in [4.78, 5) is 27.8. The number of benzene rings is 1. The summed E-state index contributed by atoms with van der Waals surface area (Å²) >= 11 is 0. The van der Waals surface area contributed by atoms with E-state index in [1.807, 2.05) is 0 Å². The Morgan fingerprint density at radius 3 is 2.19 bits per heavy atom. The van der Waals surface area contributed by atoms with Crippen LogP contribution < -0.4 is 10.6 Å². The molecular weight excluding hydrogens is 508 g/mol. The predicted molar refractivity (Wildman–Crippen MR) is 117 cm³/mol. The first-order valence-corrected chi connectivity index (χ1v) is 10.9. The predicted octanol–water partition coefficient (Wildman–Crippen LogP) is 5.00. The Hall–Kier alpha value is -4.10. The van der Waals surface area contributed by atoms with Gasteiger partial charge in [-0.3, -0.25) is 9.59 Å². The Balaban J connectivity index is 1.59. The van der Waals surface area contributed by atoms with Crippen molar-refractivity contribution in [2.24, 2.45) is 5.41 Å². The Bertz CT molecular complexity index is 1280. The van der Waals surface area contributed by atoms with Crippen LogP contribution in [0.15, 0.2) is 54.9 Å². The minimum Gasteiger partial charge on any atom is -0.480 e. The topological polar surface area (TPSA) is 109 Å². The summed E-state index contributed by atoms with van der Waals surface area (Å²) in [5.41, 5.74) is -3.95. The van der Waals surface area contributed by atoms with Crippen LogP contribution in [0, 0.1) is 5.41 Å². The van der Waals surface area contributed by atoms with Crippen molar-refractivity contribution in [3.05, 3.63) is 66.1 Å². The van der Waals surface area contributed by atoms with Gasteiger partial charge in [0.2, 0.25) is 5.91 Å². The third-order valence-electron chi connectivity index (χ3n) is 6.08. The summed E-state index contributed by atoms with van der Waals surface area (Å²) in [6.45, 7) is 0. The fraction of sp³-hybridized carbons (Fsp3) is 0.304. The van der Waals surface area contributed by atoms with Gasteiger partial charge in [-0.2, -0.15) is 31.4 Å². The van der Waals surface area contributed by atoms with Gasteiger partial charge in [-0.05, 0) is 42.7 Å². The zero-order chi connectivity index (χ0) is 27.0. The van der Waals surface area contributed by atoms with Crippen LogP contribution in [0.2, 0.25) is 0 Å². The molecule has 1 aliphatic carbocycles. The van der Waals surface area contributed by atoms with Crippen molar-refractivity contribution in [2.45, 2.75) is 37.7 Å². The minimum atomic E-state index is -4.96. The van der Waals surface area contributed by atoms with Gasteiger partial charge in [0.15, 0.2) is 17.6 Å². The first-order chi connectivity index (χ1) is 17.3. The molecule has 1 amide bonds. The highest BCUT2D eigenvalue weighted by atomic mass is 19.4. The van der Waals surface area contributed by atoms with Crippen LogP contribution >= 0.6 is 0 Å². The molecule has 0 saturated heterocycles. The third-order valence-corrected chi connectivity index (χ3v) is 6.08. The van der Waals surface area contributed by atoms with Gasteiger partial charge in [0.25, 0.3) is 0 Å². The quantitative estimate of drug-likeness (QED) is 0.295. The van der Waals surface area contributed by atoms with E-state index in [0.717, 1.165) is 30.5 Å². The maximum Gasteiger partial charge on any atom is 0.435 e. The molecule has 1 aromatic carbocycles. The van der Waals surface area contributed by atoms with Gasteiger partial charge in [0.1, 0.15) is 5.41 Å². The Kier molecular flexibility index (Phi) is 6.60. The Labute approximate surface area is 205 Å². The van der Waals surface area contributed by atoms with Gasteiger partial charge in [0, 0.05) is 11.9 Å². The van der Waals surface area contributed by atoms with Gasteiger partial charge in [-0.1, -0.05) is 24.6 Å². The van der Waals surface area contributed by atoms with Gasteiger partial charge < -0.3 is 15.7 Å². The molecule has 4 rings (SSSR count). The monoisotopic (exact) mass is 527 g/mol. The minimum absolute atomic E-state index is 0.0167. The van der Waals surface area contributed by atoms with E-state index < -0.39 is 52.6 Å². The highest BCUT2D eigenvalue weighted by Crippen LogP contribution is 2.43. The molecule has 0 radical (unpaired) electrons. The van der Waals surface area contributed by atoms with Gasteiger partial charge in [-0.25, -0.2) is 9.67 Å². The normalized spacial score (nSPS) is 15.9. The van der Waals surface area contributed by atoms with Crippen LogP contribution in [-0.4, -0.2) is 37.9 Å². The van der Waals surface area contributed by atoms with Crippen molar-refractivity contribution >= 4 is 23.3 Å². The molecule has 2 aromatic heterocycles. The zero-order valence-electron chi connectivity index (χ0n) is 18.8. The van der Waals surface area contributed by atoms with E-state index in [2.05, 4.69) is 15.4 Å². The van der Waals surface area contributed by atoms with E-state index in [-0.39, 0.29) is 24.3 Å². The second-order valence-corrected chi connectivity index (χ2v) is 8.44. The first-order valence-electron chi connectivity index (χ1n) is 10.9. The summed E-state index contributed by atoms with van der Waals surface area (Å²) < 4.78 is 83.3. The Morgan fingerprint density at radius 2 is 1.70 bits per heavy atom. The molecule has 1 fully saturated rings. The number of rotatable bonds is 7. The van der Waals surface area contributed by atoms with Crippen molar-refractivity contribution in [2.75, 3.05) is 5.32 Å². The van der Waals surface area contributed by atoms with E-state index in [1.54, 1.807) is 5.32 Å². The molecule has 3 aromatic rings. The smallest absolute Gasteiger partial charge is 0.435 e. The average Bonchev–Trinajstić information content (AvgIpc) is 3.21. The van der Waals surface area contributed by atoms with Gasteiger partial charge in [-0.15, -0.1) is 0 Å². The average molecular weight is 527 g/mol. The summed E-state index contributed by atoms with van der Waals surface area (Å²) in [6, 6.07) is 5.98. The molecule has 3 N–H and O–H groups in total. The molecule has 1 saturated carbocycles. The van der Waals surface area contributed by atoms with Crippen LogP contribution in [0.3, 0.4) is 0 Å². The summed E-state index contributed by atoms with van der Waals surface area (Å²) in [5, 5.41) is 17.3. The lowest BCUT2D eigenvalue weighted by Crippen LogP contribution is -2.53. The summed E-state index contributed by atoms with van der Waals surface area (Å²) in [5.74, 6) is -2.83. The number of hydrogen-bond acceptors (Lipinski definition) is 5. The number of nitrogens with one attached hydrogen (secondary N) is 2. The molecule has 0 aliphatic heterocycles. The van der Waals surface area contributed by atoms with Gasteiger partial charge >= 0.3 is 18.3 Å². The number of amides is 1. The number of aromatic nitrogens is 3. The molecule has 14 heteroatoms. The molecule has 8 nitrogen and oxygen atoms in total. The number of carbonyl (C=O) groups is 2. The van der Waals surface area contributed by atoms with Crippen LogP contribution in [-0.2, 0) is 15.8 Å². The molecule has 2 heterocycles.